The maximum Gasteiger partial charge on any atom is 0.241 e. The van der Waals surface area contributed by atoms with E-state index < -0.39 is 0 Å². The molecule has 1 amide bonds. The highest BCUT2D eigenvalue weighted by atomic mass is 32.1. The number of carbonyl (C=O) groups excluding carboxylic acids is 1. The van der Waals surface area contributed by atoms with Crippen molar-refractivity contribution in [2.75, 3.05) is 26.7 Å². The normalized spacial score (nSPS) is 31.0. The fourth-order valence-corrected chi connectivity index (χ4v) is 4.25. The molecule has 3 heterocycles. The van der Waals surface area contributed by atoms with E-state index in [1.807, 2.05) is 0 Å². The molecule has 116 valence electrons. The highest BCUT2D eigenvalue weighted by molar-refractivity contribution is 7.07. The van der Waals surface area contributed by atoms with Crippen LogP contribution in [0.25, 0.3) is 0 Å². The molecule has 2 saturated heterocycles. The lowest BCUT2D eigenvalue weighted by Crippen LogP contribution is -2.41. The first kappa shape index (κ1) is 15.0. The Morgan fingerprint density at radius 1 is 1.48 bits per heavy atom. The molecule has 4 nitrogen and oxygen atoms in total. The fraction of sp³-hybridized carbons (Fsp3) is 0.688. The lowest BCUT2D eigenvalue weighted by atomic mass is 9.97. The number of piperidine rings is 1. The van der Waals surface area contributed by atoms with Crippen LogP contribution in [0.15, 0.2) is 16.8 Å². The number of amides is 1. The summed E-state index contributed by atoms with van der Waals surface area (Å²) in [6, 6.07) is 2.12. The van der Waals surface area contributed by atoms with Gasteiger partial charge in [-0.05, 0) is 61.2 Å². The minimum atomic E-state index is -0.0174. The van der Waals surface area contributed by atoms with Gasteiger partial charge in [-0.3, -0.25) is 10.1 Å². The first-order valence-corrected chi connectivity index (χ1v) is 8.90. The highest BCUT2D eigenvalue weighted by Gasteiger charge is 2.39. The molecule has 5 heteroatoms. The molecule has 2 aliphatic heterocycles. The summed E-state index contributed by atoms with van der Waals surface area (Å²) in [6.45, 7) is 5.26. The van der Waals surface area contributed by atoms with Crippen LogP contribution in [0.5, 0.6) is 0 Å². The van der Waals surface area contributed by atoms with Crippen molar-refractivity contribution < 1.29 is 4.79 Å². The summed E-state index contributed by atoms with van der Waals surface area (Å²) >= 11 is 1.70. The zero-order valence-electron chi connectivity index (χ0n) is 12.9. The second kappa shape index (κ2) is 6.46. The molecule has 1 N–H and O–H groups in total. The van der Waals surface area contributed by atoms with E-state index in [9.17, 15) is 4.79 Å². The summed E-state index contributed by atoms with van der Waals surface area (Å²) in [7, 11) is 2.18. The third-order valence-electron chi connectivity index (χ3n) is 4.70. The molecular weight excluding hydrogens is 282 g/mol. The zero-order valence-corrected chi connectivity index (χ0v) is 13.7. The molecule has 0 bridgehead atoms. The van der Waals surface area contributed by atoms with Crippen LogP contribution in [0.3, 0.4) is 0 Å². The van der Waals surface area contributed by atoms with E-state index in [1.54, 1.807) is 11.3 Å². The number of nitrogens with zero attached hydrogens (tertiary/aromatic N) is 2. The van der Waals surface area contributed by atoms with Crippen LogP contribution < -0.4 is 5.32 Å². The van der Waals surface area contributed by atoms with Crippen molar-refractivity contribution in [3.63, 3.8) is 0 Å². The van der Waals surface area contributed by atoms with Crippen molar-refractivity contribution >= 4 is 17.2 Å². The summed E-state index contributed by atoms with van der Waals surface area (Å²) < 4.78 is 0. The van der Waals surface area contributed by atoms with Crippen molar-refractivity contribution in [2.45, 2.75) is 38.4 Å². The quantitative estimate of drug-likeness (QED) is 0.927. The van der Waals surface area contributed by atoms with Gasteiger partial charge in [-0.25, -0.2) is 0 Å². The van der Waals surface area contributed by atoms with Gasteiger partial charge in [-0.2, -0.15) is 11.3 Å². The summed E-state index contributed by atoms with van der Waals surface area (Å²) in [4.78, 5) is 17.1. The zero-order chi connectivity index (χ0) is 14.8. The third kappa shape index (κ3) is 3.15. The molecule has 0 saturated carbocycles. The fourth-order valence-electron chi connectivity index (χ4n) is 3.57. The number of hydrogen-bond acceptors (Lipinski definition) is 4. The van der Waals surface area contributed by atoms with Crippen molar-refractivity contribution in [2.24, 2.45) is 5.92 Å². The Bertz CT molecular complexity index is 476. The molecule has 3 rings (SSSR count). The lowest BCUT2D eigenvalue weighted by Gasteiger charge is -2.34. The highest BCUT2D eigenvalue weighted by Crippen LogP contribution is 2.30. The summed E-state index contributed by atoms with van der Waals surface area (Å²) in [6.07, 6.45) is 3.42. The van der Waals surface area contributed by atoms with Gasteiger partial charge in [-0.1, -0.05) is 6.92 Å². The Kier molecular flexibility index (Phi) is 4.62. The van der Waals surface area contributed by atoms with E-state index in [-0.39, 0.29) is 18.1 Å². The molecule has 1 aromatic heterocycles. The second-order valence-electron chi connectivity index (χ2n) is 6.35. The van der Waals surface area contributed by atoms with Gasteiger partial charge in [0.25, 0.3) is 0 Å². The van der Waals surface area contributed by atoms with Gasteiger partial charge >= 0.3 is 0 Å². The van der Waals surface area contributed by atoms with E-state index in [0.717, 1.165) is 19.5 Å². The van der Waals surface area contributed by atoms with E-state index in [2.05, 4.69) is 45.9 Å². The Balaban J connectivity index is 1.74. The second-order valence-corrected chi connectivity index (χ2v) is 7.13. The molecule has 0 aliphatic carbocycles. The lowest BCUT2D eigenvalue weighted by molar-refractivity contribution is -0.131. The first-order chi connectivity index (χ1) is 10.2. The Hall–Kier alpha value is -0.910. The van der Waals surface area contributed by atoms with Gasteiger partial charge in [0.15, 0.2) is 0 Å². The van der Waals surface area contributed by atoms with Crippen molar-refractivity contribution in [1.82, 2.24) is 15.1 Å². The van der Waals surface area contributed by atoms with Crippen LogP contribution in [-0.2, 0) is 4.79 Å². The molecular formula is C16H25N3OS. The van der Waals surface area contributed by atoms with Crippen LogP contribution in [0.1, 0.15) is 37.9 Å². The van der Waals surface area contributed by atoms with E-state index in [4.69, 9.17) is 0 Å². The SMILES string of the molecule is CCC1NC(c2ccsc2)N(CC2CCCN(C)C2)C1=O. The maximum atomic E-state index is 12.7. The first-order valence-electron chi connectivity index (χ1n) is 7.96. The molecule has 0 spiro atoms. The number of rotatable bonds is 4. The molecule has 2 aliphatic rings. The Labute approximate surface area is 131 Å². The smallest absolute Gasteiger partial charge is 0.241 e. The van der Waals surface area contributed by atoms with Gasteiger partial charge in [0.1, 0.15) is 6.17 Å². The van der Waals surface area contributed by atoms with Crippen molar-refractivity contribution in [1.29, 1.82) is 0 Å². The van der Waals surface area contributed by atoms with Crippen LogP contribution in [0, 0.1) is 5.92 Å². The number of likely N-dealkylation sites (tertiary alicyclic amines) is 1. The van der Waals surface area contributed by atoms with Crippen LogP contribution >= 0.6 is 11.3 Å². The minimum absolute atomic E-state index is 0.0174. The number of nitrogens with one attached hydrogen (secondary N) is 1. The predicted octanol–water partition coefficient (Wildman–Crippen LogP) is 2.30. The molecule has 0 radical (unpaired) electrons. The molecule has 1 aromatic rings. The predicted molar refractivity (Wildman–Crippen MR) is 86.2 cm³/mol. The van der Waals surface area contributed by atoms with Crippen LogP contribution in [0.4, 0.5) is 0 Å². The van der Waals surface area contributed by atoms with Crippen LogP contribution in [-0.4, -0.2) is 48.4 Å². The minimum Gasteiger partial charge on any atom is -0.321 e. The van der Waals surface area contributed by atoms with Crippen LogP contribution in [0.2, 0.25) is 0 Å². The van der Waals surface area contributed by atoms with Gasteiger partial charge in [-0.15, -0.1) is 0 Å². The monoisotopic (exact) mass is 307 g/mol. The van der Waals surface area contributed by atoms with Gasteiger partial charge in [0, 0.05) is 13.1 Å². The molecule has 2 fully saturated rings. The average molecular weight is 307 g/mol. The Morgan fingerprint density at radius 2 is 2.33 bits per heavy atom. The van der Waals surface area contributed by atoms with E-state index in [1.165, 1.54) is 24.9 Å². The van der Waals surface area contributed by atoms with E-state index >= 15 is 0 Å². The standard InChI is InChI=1S/C16H25N3OS/c1-3-14-16(20)19(10-12-5-4-7-18(2)9-12)15(17-14)13-6-8-21-11-13/h6,8,11-12,14-15,17H,3-5,7,9-10H2,1-2H3. The number of hydrogen-bond donors (Lipinski definition) is 1. The topological polar surface area (TPSA) is 35.6 Å². The number of carbonyl (C=O) groups is 1. The molecule has 3 atom stereocenters. The van der Waals surface area contributed by atoms with Gasteiger partial charge in [0.05, 0.1) is 6.04 Å². The van der Waals surface area contributed by atoms with Gasteiger partial charge in [0.2, 0.25) is 5.91 Å². The molecule has 0 aromatic carbocycles. The summed E-state index contributed by atoms with van der Waals surface area (Å²) in [5.74, 6) is 0.883. The van der Waals surface area contributed by atoms with Crippen molar-refractivity contribution in [3.8, 4) is 0 Å². The summed E-state index contributed by atoms with van der Waals surface area (Å²) in [5.41, 5.74) is 1.23. The largest absolute Gasteiger partial charge is 0.321 e. The maximum absolute atomic E-state index is 12.7. The third-order valence-corrected chi connectivity index (χ3v) is 5.40. The summed E-state index contributed by atoms with van der Waals surface area (Å²) in [5, 5.41) is 7.76. The van der Waals surface area contributed by atoms with Gasteiger partial charge < -0.3 is 9.80 Å². The molecule has 3 unspecified atom stereocenters. The van der Waals surface area contributed by atoms with E-state index in [0.29, 0.717) is 5.92 Å². The Morgan fingerprint density at radius 3 is 3.00 bits per heavy atom. The number of thiophene rings is 1. The average Bonchev–Trinajstić information content (AvgIpc) is 3.09. The molecule has 21 heavy (non-hydrogen) atoms. The van der Waals surface area contributed by atoms with Crippen molar-refractivity contribution in [3.05, 3.63) is 22.4 Å².